The van der Waals surface area contributed by atoms with Crippen LogP contribution < -0.4 is 10.7 Å². The standard InChI is InChI=1S/C20H17N7O5S2/c1-3-24-9-14(17(28)13-6-4-11(2)22-18(13)24)19-23-25(20(33)34-19)10-21-15-7-5-12(26(29)30)8-16(15)27(31)32/h4-9,21H,3,10H2,1-2H3. The smallest absolute Gasteiger partial charge is 0.299 e. The monoisotopic (exact) mass is 499 g/mol. The number of aromatic nitrogens is 4. The highest BCUT2D eigenvalue weighted by molar-refractivity contribution is 7.73. The van der Waals surface area contributed by atoms with E-state index in [4.69, 9.17) is 12.2 Å². The Morgan fingerprint density at radius 3 is 2.62 bits per heavy atom. The van der Waals surface area contributed by atoms with Gasteiger partial charge in [0.15, 0.2) is 8.96 Å². The summed E-state index contributed by atoms with van der Waals surface area (Å²) in [6, 6.07) is 6.81. The zero-order chi connectivity index (χ0) is 24.6. The van der Waals surface area contributed by atoms with Gasteiger partial charge in [-0.2, -0.15) is 5.10 Å². The van der Waals surface area contributed by atoms with Gasteiger partial charge < -0.3 is 9.88 Å². The molecule has 0 spiro atoms. The molecular weight excluding hydrogens is 482 g/mol. The second-order valence-corrected chi connectivity index (χ2v) is 8.83. The number of nitro groups is 2. The van der Waals surface area contributed by atoms with E-state index in [9.17, 15) is 25.0 Å². The number of pyridine rings is 2. The Balaban J connectivity index is 1.69. The Morgan fingerprint density at radius 2 is 1.94 bits per heavy atom. The quantitative estimate of drug-likeness (QED) is 0.223. The number of hydrogen-bond acceptors (Lipinski definition) is 10. The minimum atomic E-state index is -0.709. The molecule has 3 aromatic heterocycles. The largest absolute Gasteiger partial charge is 0.361 e. The molecule has 12 nitrogen and oxygen atoms in total. The lowest BCUT2D eigenvalue weighted by atomic mass is 10.2. The molecule has 0 atom stereocenters. The number of nitro benzene ring substituents is 2. The molecule has 0 aliphatic carbocycles. The number of fused-ring (bicyclic) bond motifs is 1. The minimum Gasteiger partial charge on any atom is -0.361 e. The van der Waals surface area contributed by atoms with Crippen molar-refractivity contribution < 1.29 is 9.85 Å². The van der Waals surface area contributed by atoms with Crippen LogP contribution in [0.25, 0.3) is 21.6 Å². The Morgan fingerprint density at radius 1 is 1.18 bits per heavy atom. The van der Waals surface area contributed by atoms with Crippen molar-refractivity contribution in [3.63, 3.8) is 0 Å². The zero-order valence-corrected chi connectivity index (χ0v) is 19.6. The number of rotatable bonds is 7. The molecular formula is C20H17N7O5S2. The molecule has 3 heterocycles. The highest BCUT2D eigenvalue weighted by Gasteiger charge is 2.20. The molecule has 0 amide bonds. The third-order valence-electron chi connectivity index (χ3n) is 5.05. The molecule has 0 fully saturated rings. The zero-order valence-electron chi connectivity index (χ0n) is 17.9. The molecule has 0 unspecified atom stereocenters. The normalized spacial score (nSPS) is 11.0. The van der Waals surface area contributed by atoms with Crippen LogP contribution in [-0.4, -0.2) is 29.2 Å². The highest BCUT2D eigenvalue weighted by Crippen LogP contribution is 2.29. The van der Waals surface area contributed by atoms with Crippen LogP contribution in [0.2, 0.25) is 0 Å². The van der Waals surface area contributed by atoms with Crippen LogP contribution in [0.4, 0.5) is 17.1 Å². The van der Waals surface area contributed by atoms with Gasteiger partial charge >= 0.3 is 0 Å². The summed E-state index contributed by atoms with van der Waals surface area (Å²) in [7, 11) is 0. The average molecular weight is 500 g/mol. The topological polar surface area (TPSA) is 151 Å². The van der Waals surface area contributed by atoms with Gasteiger partial charge in [-0.3, -0.25) is 25.0 Å². The summed E-state index contributed by atoms with van der Waals surface area (Å²) in [5.41, 5.74) is 0.780. The molecule has 0 saturated carbocycles. The fourth-order valence-electron chi connectivity index (χ4n) is 3.36. The Hall–Kier alpha value is -4.04. The molecule has 0 aliphatic heterocycles. The van der Waals surface area contributed by atoms with Gasteiger partial charge in [-0.05, 0) is 44.3 Å². The van der Waals surface area contributed by atoms with Crippen LogP contribution in [0.5, 0.6) is 0 Å². The lowest BCUT2D eigenvalue weighted by Gasteiger charge is -2.10. The first-order valence-corrected chi connectivity index (χ1v) is 11.2. The third kappa shape index (κ3) is 4.27. The summed E-state index contributed by atoms with van der Waals surface area (Å²) in [6.45, 7) is 4.36. The maximum atomic E-state index is 13.1. The van der Waals surface area contributed by atoms with E-state index < -0.39 is 21.2 Å². The fraction of sp³-hybridized carbons (Fsp3) is 0.200. The van der Waals surface area contributed by atoms with E-state index in [0.717, 1.165) is 23.1 Å². The van der Waals surface area contributed by atoms with E-state index >= 15 is 0 Å². The van der Waals surface area contributed by atoms with Gasteiger partial charge in [0.1, 0.15) is 18.0 Å². The van der Waals surface area contributed by atoms with E-state index in [-0.39, 0.29) is 17.8 Å². The molecule has 0 radical (unpaired) electrons. The molecule has 174 valence electrons. The number of hydrogen-bond donors (Lipinski definition) is 1. The number of benzene rings is 1. The Bertz CT molecular complexity index is 1570. The Labute approximate surface area is 200 Å². The van der Waals surface area contributed by atoms with Crippen LogP contribution in [-0.2, 0) is 13.2 Å². The van der Waals surface area contributed by atoms with Gasteiger partial charge in [0.25, 0.3) is 11.4 Å². The summed E-state index contributed by atoms with van der Waals surface area (Å²) in [4.78, 5) is 38.5. The van der Waals surface area contributed by atoms with Crippen LogP contribution in [0.3, 0.4) is 0 Å². The first kappa shape index (κ1) is 23.1. The molecule has 0 saturated heterocycles. The van der Waals surface area contributed by atoms with Gasteiger partial charge in [-0.25, -0.2) is 9.67 Å². The average Bonchev–Trinajstić information content (AvgIpc) is 3.17. The highest BCUT2D eigenvalue weighted by atomic mass is 32.1. The Kier molecular flexibility index (Phi) is 6.17. The summed E-state index contributed by atoms with van der Waals surface area (Å²) >= 11 is 6.51. The van der Waals surface area contributed by atoms with Gasteiger partial charge in [0, 0.05) is 24.5 Å². The second kappa shape index (κ2) is 9.07. The van der Waals surface area contributed by atoms with E-state index in [1.807, 2.05) is 18.4 Å². The fourth-order valence-corrected chi connectivity index (χ4v) is 4.48. The summed E-state index contributed by atoms with van der Waals surface area (Å²) in [5.74, 6) is 0. The summed E-state index contributed by atoms with van der Waals surface area (Å²) in [6.07, 6.45) is 1.70. The van der Waals surface area contributed by atoms with Crippen molar-refractivity contribution in [2.45, 2.75) is 27.1 Å². The van der Waals surface area contributed by atoms with E-state index in [1.165, 1.54) is 16.8 Å². The van der Waals surface area contributed by atoms with Crippen LogP contribution in [0, 0.1) is 31.1 Å². The van der Waals surface area contributed by atoms with Crippen LogP contribution >= 0.6 is 23.6 Å². The van der Waals surface area contributed by atoms with Crippen molar-refractivity contribution in [1.82, 2.24) is 19.3 Å². The summed E-state index contributed by atoms with van der Waals surface area (Å²) < 4.78 is 3.61. The number of non-ortho nitro benzene ring substituents is 1. The molecule has 1 aromatic carbocycles. The lowest BCUT2D eigenvalue weighted by molar-refractivity contribution is -0.393. The number of aryl methyl sites for hydroxylation is 2. The van der Waals surface area contributed by atoms with Gasteiger partial charge in [-0.1, -0.05) is 11.3 Å². The van der Waals surface area contributed by atoms with E-state index in [2.05, 4.69) is 15.4 Å². The summed E-state index contributed by atoms with van der Waals surface area (Å²) in [5, 5.41) is 30.4. The van der Waals surface area contributed by atoms with Crippen molar-refractivity contribution in [2.24, 2.45) is 0 Å². The van der Waals surface area contributed by atoms with Crippen molar-refractivity contribution >= 4 is 51.7 Å². The maximum absolute atomic E-state index is 13.1. The second-order valence-electron chi connectivity index (χ2n) is 7.20. The number of nitrogens with zero attached hydrogens (tertiary/aromatic N) is 6. The number of anilines is 1. The lowest BCUT2D eigenvalue weighted by Crippen LogP contribution is -2.14. The molecule has 14 heteroatoms. The molecule has 1 N–H and O–H groups in total. The van der Waals surface area contributed by atoms with Gasteiger partial charge in [-0.15, -0.1) is 0 Å². The van der Waals surface area contributed by atoms with Crippen molar-refractivity contribution in [3.05, 3.63) is 76.6 Å². The van der Waals surface area contributed by atoms with Crippen molar-refractivity contribution in [3.8, 4) is 10.6 Å². The molecule has 0 aliphatic rings. The molecule has 0 bridgehead atoms. The van der Waals surface area contributed by atoms with Gasteiger partial charge in [0.2, 0.25) is 5.43 Å². The molecule has 4 rings (SSSR count). The third-order valence-corrected chi connectivity index (χ3v) is 6.39. The molecule has 4 aromatic rings. The van der Waals surface area contributed by atoms with E-state index in [0.29, 0.717) is 32.1 Å². The predicted octanol–water partition coefficient (Wildman–Crippen LogP) is 4.27. The van der Waals surface area contributed by atoms with Crippen molar-refractivity contribution in [1.29, 1.82) is 0 Å². The number of nitrogens with one attached hydrogen (secondary N) is 1. The minimum absolute atomic E-state index is 0.0374. The van der Waals surface area contributed by atoms with Gasteiger partial charge in [0.05, 0.1) is 26.9 Å². The van der Waals surface area contributed by atoms with Crippen LogP contribution in [0.15, 0.2) is 41.3 Å². The first-order valence-electron chi connectivity index (χ1n) is 9.95. The van der Waals surface area contributed by atoms with Crippen LogP contribution in [0.1, 0.15) is 12.6 Å². The SMILES string of the molecule is CCn1cc(-c2nn(CNc3ccc([N+](=O)[O-])cc3[N+](=O)[O-])c(=S)s2)c(=O)c2ccc(C)nc21. The maximum Gasteiger partial charge on any atom is 0.299 e. The predicted molar refractivity (Wildman–Crippen MR) is 130 cm³/mol. The first-order chi connectivity index (χ1) is 16.2. The van der Waals surface area contributed by atoms with E-state index in [1.54, 1.807) is 18.3 Å². The molecule has 34 heavy (non-hydrogen) atoms. The van der Waals surface area contributed by atoms with Crippen molar-refractivity contribution in [2.75, 3.05) is 5.32 Å².